The number of hydrogen-bond acceptors (Lipinski definition) is 6. The Labute approximate surface area is 242 Å². The van der Waals surface area contributed by atoms with E-state index in [1.165, 1.54) is 35.1 Å². The van der Waals surface area contributed by atoms with Crippen molar-refractivity contribution in [3.8, 4) is 0 Å². The Morgan fingerprint density at radius 2 is 1.74 bits per heavy atom. The molecule has 0 aliphatic heterocycles. The summed E-state index contributed by atoms with van der Waals surface area (Å²) < 4.78 is 71.3. The van der Waals surface area contributed by atoms with Crippen LogP contribution in [0.15, 0.2) is 63.2 Å². The van der Waals surface area contributed by atoms with Crippen molar-refractivity contribution in [2.75, 3.05) is 5.32 Å². The molecular weight excluding hydrogens is 601 g/mol. The van der Waals surface area contributed by atoms with Crippen molar-refractivity contribution >= 4 is 34.1 Å². The molecule has 0 amide bonds. The molecule has 0 unspecified atom stereocenters. The van der Waals surface area contributed by atoms with Gasteiger partial charge in [0.1, 0.15) is 0 Å². The molecule has 0 saturated heterocycles. The summed E-state index contributed by atoms with van der Waals surface area (Å²) in [6, 6.07) is 6.71. The number of H-pyrrole nitrogens is 1. The number of aromatic nitrogens is 6. The van der Waals surface area contributed by atoms with Crippen LogP contribution in [0, 0.1) is 17.5 Å². The molecule has 10 nitrogen and oxygen atoms in total. The average molecular weight is 620 g/mol. The van der Waals surface area contributed by atoms with E-state index in [1.54, 1.807) is 6.20 Å². The first-order valence-electron chi connectivity index (χ1n) is 12.7. The second-order valence-electron chi connectivity index (χ2n) is 10.1. The van der Waals surface area contributed by atoms with Crippen molar-refractivity contribution < 1.29 is 22.0 Å². The third-order valence-electron chi connectivity index (χ3n) is 7.06. The summed E-state index contributed by atoms with van der Waals surface area (Å²) in [4.78, 5) is 45.1. The molecule has 0 spiro atoms. The summed E-state index contributed by atoms with van der Waals surface area (Å²) in [5, 5.41) is 7.65. The Morgan fingerprint density at radius 3 is 2.42 bits per heavy atom. The highest BCUT2D eigenvalue weighted by Crippen LogP contribution is 2.45. The Balaban J connectivity index is 1.42. The maximum Gasteiger partial charge on any atom is 0.355 e. The van der Waals surface area contributed by atoms with Crippen molar-refractivity contribution in [1.82, 2.24) is 28.9 Å². The topological polar surface area (TPSA) is 120 Å². The Hall–Kier alpha value is -4.79. The molecule has 1 saturated carbocycles. The number of alkyl halides is 2. The number of fused-ring (bicyclic) bond motifs is 1. The number of pyridine rings is 1. The van der Waals surface area contributed by atoms with E-state index >= 15 is 0 Å². The van der Waals surface area contributed by atoms with E-state index < -0.39 is 59.4 Å². The summed E-state index contributed by atoms with van der Waals surface area (Å²) in [6.07, 6.45) is 2.20. The molecule has 222 valence electrons. The highest BCUT2D eigenvalue weighted by molar-refractivity contribution is 6.34. The fraction of sp³-hybridized carbons (Fsp3) is 0.222. The fourth-order valence-corrected chi connectivity index (χ4v) is 5.03. The number of aromatic amines is 1. The summed E-state index contributed by atoms with van der Waals surface area (Å²) in [5.74, 6) is -7.83. The predicted octanol–water partition coefficient (Wildman–Crippen LogP) is 4.32. The first kappa shape index (κ1) is 28.3. The van der Waals surface area contributed by atoms with Gasteiger partial charge in [0.25, 0.3) is 11.5 Å². The van der Waals surface area contributed by atoms with Crippen molar-refractivity contribution in [3.05, 3.63) is 114 Å². The van der Waals surface area contributed by atoms with E-state index in [0.717, 1.165) is 4.57 Å². The minimum absolute atomic E-state index is 0.0596. The van der Waals surface area contributed by atoms with Crippen LogP contribution in [-0.2, 0) is 13.1 Å². The van der Waals surface area contributed by atoms with Crippen LogP contribution in [0.4, 0.5) is 33.6 Å². The van der Waals surface area contributed by atoms with Gasteiger partial charge in [-0.05, 0) is 35.9 Å². The molecule has 1 fully saturated rings. The van der Waals surface area contributed by atoms with E-state index in [-0.39, 0.29) is 40.6 Å². The Bertz CT molecular complexity index is 2060. The maximum atomic E-state index is 14.0. The largest absolute Gasteiger partial charge is 0.355 e. The van der Waals surface area contributed by atoms with Crippen molar-refractivity contribution in [2.24, 2.45) is 0 Å². The van der Waals surface area contributed by atoms with Gasteiger partial charge in [0.2, 0.25) is 5.95 Å². The van der Waals surface area contributed by atoms with Crippen LogP contribution in [0.3, 0.4) is 0 Å². The van der Waals surface area contributed by atoms with Gasteiger partial charge in [0.15, 0.2) is 17.5 Å². The van der Waals surface area contributed by atoms with Gasteiger partial charge in [-0.1, -0.05) is 17.7 Å². The number of nitrogens with one attached hydrogen (secondary N) is 2. The van der Waals surface area contributed by atoms with Gasteiger partial charge in [0.05, 0.1) is 35.4 Å². The summed E-state index contributed by atoms with van der Waals surface area (Å²) in [6.45, 7) is -1.04. The first-order valence-corrected chi connectivity index (χ1v) is 13.1. The number of benzene rings is 2. The zero-order chi connectivity index (χ0) is 30.6. The molecule has 0 bridgehead atoms. The number of anilines is 2. The van der Waals surface area contributed by atoms with Crippen LogP contribution in [0.5, 0.6) is 0 Å². The van der Waals surface area contributed by atoms with E-state index in [0.29, 0.717) is 27.6 Å². The molecule has 5 aromatic rings. The maximum absolute atomic E-state index is 14.0. The molecule has 3 heterocycles. The van der Waals surface area contributed by atoms with Crippen molar-refractivity contribution in [2.45, 2.75) is 37.9 Å². The lowest BCUT2D eigenvalue weighted by Gasteiger charge is -2.34. The Kier molecular flexibility index (Phi) is 6.91. The first-order chi connectivity index (χ1) is 20.4. The quantitative estimate of drug-likeness (QED) is 0.207. The molecule has 43 heavy (non-hydrogen) atoms. The molecule has 2 aromatic carbocycles. The summed E-state index contributed by atoms with van der Waals surface area (Å²) in [7, 11) is 0. The van der Waals surface area contributed by atoms with Crippen molar-refractivity contribution in [3.63, 3.8) is 0 Å². The van der Waals surface area contributed by atoms with Crippen LogP contribution in [0.1, 0.15) is 30.0 Å². The second-order valence-corrected chi connectivity index (χ2v) is 10.5. The smallest absolute Gasteiger partial charge is 0.329 e. The lowest BCUT2D eigenvalue weighted by Crippen LogP contribution is -2.43. The van der Waals surface area contributed by atoms with Gasteiger partial charge in [-0.25, -0.2) is 36.1 Å². The summed E-state index contributed by atoms with van der Waals surface area (Å²) in [5.41, 5.74) is -2.20. The van der Waals surface area contributed by atoms with Gasteiger partial charge in [-0.15, -0.1) is 0 Å². The monoisotopic (exact) mass is 619 g/mol. The fourth-order valence-electron chi connectivity index (χ4n) is 4.82. The van der Waals surface area contributed by atoms with Crippen molar-refractivity contribution in [1.29, 1.82) is 0 Å². The van der Waals surface area contributed by atoms with Crippen LogP contribution in [0.25, 0.3) is 10.9 Å². The van der Waals surface area contributed by atoms with Gasteiger partial charge in [0, 0.05) is 36.2 Å². The van der Waals surface area contributed by atoms with Crippen LogP contribution in [0.2, 0.25) is 5.02 Å². The lowest BCUT2D eigenvalue weighted by molar-refractivity contribution is -0.106. The standard InChI is InChI=1S/C27H19ClF5N7O3/c28-17-7-20-15(12-40(37-20)16-8-27(32,33)9-16)6-21(17)35-24-36-25(42)39(11-14-2-1-3-34-23(14)41)26(43)38(24)10-13-4-18(29)22(31)19(30)5-13/h1-7,12,16H,8-11H2,(H,34,41)(H,35,36,42). The lowest BCUT2D eigenvalue weighted by atomic mass is 9.88. The zero-order valence-corrected chi connectivity index (χ0v) is 22.5. The molecule has 0 atom stereocenters. The van der Waals surface area contributed by atoms with E-state index in [2.05, 4.69) is 20.4 Å². The Morgan fingerprint density at radius 1 is 1.02 bits per heavy atom. The zero-order valence-electron chi connectivity index (χ0n) is 21.8. The van der Waals surface area contributed by atoms with E-state index in [4.69, 9.17) is 11.6 Å². The van der Waals surface area contributed by atoms with Gasteiger partial charge in [-0.3, -0.25) is 14.0 Å². The van der Waals surface area contributed by atoms with Gasteiger partial charge >= 0.3 is 11.4 Å². The van der Waals surface area contributed by atoms with Gasteiger partial charge < -0.3 is 10.3 Å². The molecule has 1 aliphatic rings. The van der Waals surface area contributed by atoms with E-state index in [9.17, 15) is 36.3 Å². The third-order valence-corrected chi connectivity index (χ3v) is 7.38. The highest BCUT2D eigenvalue weighted by Gasteiger charge is 2.46. The molecule has 0 radical (unpaired) electrons. The second kappa shape index (κ2) is 10.5. The van der Waals surface area contributed by atoms with Crippen LogP contribution in [-0.4, -0.2) is 34.8 Å². The predicted molar refractivity (Wildman–Crippen MR) is 146 cm³/mol. The molecule has 1 aliphatic carbocycles. The number of hydrogen-bond donors (Lipinski definition) is 2. The SMILES string of the molecule is O=c1[nH]cccc1Cn1c(=O)nc(Nc2cc3cn(C4CC(F)(F)C4)nc3cc2Cl)n(Cc2cc(F)c(F)c(F)c2)c1=O. The molecule has 16 heteroatoms. The molecule has 6 rings (SSSR count). The number of rotatable bonds is 7. The van der Waals surface area contributed by atoms with E-state index in [1.807, 2.05) is 0 Å². The minimum Gasteiger partial charge on any atom is -0.329 e. The number of nitrogens with zero attached hydrogens (tertiary/aromatic N) is 5. The third kappa shape index (κ3) is 5.43. The molecular formula is C27H19ClF5N7O3. The minimum atomic E-state index is -2.76. The molecule has 3 aromatic heterocycles. The highest BCUT2D eigenvalue weighted by atomic mass is 35.5. The van der Waals surface area contributed by atoms with Crippen LogP contribution < -0.4 is 22.3 Å². The average Bonchev–Trinajstić information content (AvgIpc) is 3.33. The van der Waals surface area contributed by atoms with Crippen LogP contribution >= 0.6 is 11.6 Å². The van der Waals surface area contributed by atoms with Gasteiger partial charge in [-0.2, -0.15) is 10.1 Å². The normalized spacial score (nSPS) is 14.7. The molecule has 2 N–H and O–H groups in total. The number of halogens is 6. The summed E-state index contributed by atoms with van der Waals surface area (Å²) >= 11 is 6.43.